The van der Waals surface area contributed by atoms with E-state index < -0.39 is 18.0 Å². The number of amides is 2. The van der Waals surface area contributed by atoms with Gasteiger partial charge in [-0.15, -0.1) is 0 Å². The van der Waals surface area contributed by atoms with Crippen molar-refractivity contribution in [2.45, 2.75) is 32.9 Å². The van der Waals surface area contributed by atoms with Gasteiger partial charge in [-0.1, -0.05) is 12.1 Å². The molecule has 0 saturated heterocycles. The minimum Gasteiger partial charge on any atom is -0.493 e. The van der Waals surface area contributed by atoms with E-state index in [-0.39, 0.29) is 42.3 Å². The number of nitrogens with one attached hydrogen (secondary N) is 3. The van der Waals surface area contributed by atoms with Gasteiger partial charge in [0.15, 0.2) is 11.5 Å². The fourth-order valence-electron chi connectivity index (χ4n) is 5.37. The van der Waals surface area contributed by atoms with E-state index in [4.69, 9.17) is 24.6 Å². The third kappa shape index (κ3) is 10.3. The van der Waals surface area contributed by atoms with Gasteiger partial charge in [-0.2, -0.15) is 0 Å². The van der Waals surface area contributed by atoms with Crippen LogP contribution in [0.4, 0.5) is 16.3 Å². The van der Waals surface area contributed by atoms with Gasteiger partial charge in [-0.3, -0.25) is 25.2 Å². The number of amidine groups is 1. The predicted octanol–water partition coefficient (Wildman–Crippen LogP) is 5.88. The Bertz CT molecular complexity index is 2220. The molecule has 284 valence electrons. The summed E-state index contributed by atoms with van der Waals surface area (Å²) >= 11 is 0. The lowest BCUT2D eigenvalue weighted by molar-refractivity contribution is -0.135. The number of carbonyl (C=O) groups is 4. The highest BCUT2D eigenvalue weighted by atomic mass is 16.6. The Morgan fingerprint density at radius 3 is 2.40 bits per heavy atom. The summed E-state index contributed by atoms with van der Waals surface area (Å²) in [7, 11) is 4.60. The van der Waals surface area contributed by atoms with Gasteiger partial charge in [0.05, 0.1) is 44.3 Å². The molecule has 0 aliphatic heterocycles. The molecule has 15 nitrogen and oxygen atoms in total. The number of hydrogen-bond donors (Lipinski definition) is 3. The van der Waals surface area contributed by atoms with Crippen molar-refractivity contribution in [2.75, 3.05) is 31.0 Å². The topological polar surface area (TPSA) is 187 Å². The second-order valence-electron chi connectivity index (χ2n) is 12.3. The average molecular weight is 748 g/mol. The molecular formula is C40H41N7O8. The Morgan fingerprint density at radius 2 is 1.71 bits per heavy atom. The number of methoxy groups -OCH3 is 2. The first-order chi connectivity index (χ1) is 26.4. The second kappa shape index (κ2) is 18.1. The fourth-order valence-corrected chi connectivity index (χ4v) is 5.37. The van der Waals surface area contributed by atoms with Crippen molar-refractivity contribution < 1.29 is 38.1 Å². The summed E-state index contributed by atoms with van der Waals surface area (Å²) in [4.78, 5) is 60.9. The largest absolute Gasteiger partial charge is 0.493 e. The zero-order valence-corrected chi connectivity index (χ0v) is 31.0. The summed E-state index contributed by atoms with van der Waals surface area (Å²) in [6.45, 7) is 3.80. The van der Waals surface area contributed by atoms with Crippen LogP contribution in [0.2, 0.25) is 0 Å². The molecule has 5 aromatic rings. The van der Waals surface area contributed by atoms with Crippen LogP contribution in [0.1, 0.15) is 47.6 Å². The number of aromatic nitrogens is 3. The van der Waals surface area contributed by atoms with Crippen molar-refractivity contribution in [2.24, 2.45) is 7.05 Å². The maximum Gasteiger partial charge on any atom is 0.413 e. The highest BCUT2D eigenvalue weighted by Gasteiger charge is 2.22. The van der Waals surface area contributed by atoms with E-state index in [0.717, 1.165) is 11.2 Å². The van der Waals surface area contributed by atoms with Gasteiger partial charge in [0, 0.05) is 42.7 Å². The molecule has 0 radical (unpaired) electrons. The molecule has 0 spiro atoms. The Hall–Kier alpha value is -7.03. The van der Waals surface area contributed by atoms with E-state index in [9.17, 15) is 19.2 Å². The van der Waals surface area contributed by atoms with Crippen molar-refractivity contribution in [3.8, 4) is 11.5 Å². The summed E-state index contributed by atoms with van der Waals surface area (Å²) in [5.74, 6) is -0.0324. The first-order valence-corrected chi connectivity index (χ1v) is 17.2. The number of benzene rings is 3. The zero-order chi connectivity index (χ0) is 39.5. The molecule has 0 fully saturated rings. The number of imidazole rings is 1. The van der Waals surface area contributed by atoms with E-state index in [2.05, 4.69) is 20.4 Å². The van der Waals surface area contributed by atoms with Crippen LogP contribution in [0.3, 0.4) is 0 Å². The fraction of sp³-hybridized carbons (Fsp3) is 0.225. The molecule has 0 aliphatic rings. The molecule has 2 amide bonds. The number of fused-ring (bicyclic) bond motifs is 1. The van der Waals surface area contributed by atoms with E-state index >= 15 is 0 Å². The van der Waals surface area contributed by atoms with Crippen molar-refractivity contribution in [3.63, 3.8) is 0 Å². The first-order valence-electron chi connectivity index (χ1n) is 17.2. The van der Waals surface area contributed by atoms with E-state index in [0.29, 0.717) is 40.4 Å². The Labute approximate surface area is 317 Å². The average Bonchev–Trinajstić information content (AvgIpc) is 3.50. The molecule has 0 aliphatic carbocycles. The molecule has 2 heterocycles. The van der Waals surface area contributed by atoms with Crippen molar-refractivity contribution in [1.82, 2.24) is 19.9 Å². The lowest BCUT2D eigenvalue weighted by Crippen LogP contribution is -2.34. The summed E-state index contributed by atoms with van der Waals surface area (Å²) < 4.78 is 22.6. The molecule has 0 saturated carbocycles. The molecule has 2 aromatic heterocycles. The molecule has 15 heteroatoms. The minimum atomic E-state index is -0.688. The number of ether oxygens (including phenoxy) is 4. The number of esters is 2. The predicted molar refractivity (Wildman–Crippen MR) is 206 cm³/mol. The smallest absolute Gasteiger partial charge is 0.413 e. The Kier molecular flexibility index (Phi) is 12.9. The second-order valence-corrected chi connectivity index (χ2v) is 12.3. The van der Waals surface area contributed by atoms with Crippen LogP contribution in [0, 0.1) is 5.41 Å². The SMILES string of the molecule is COC(=O)/C=C/c1ccc(OC(=O)CCN(C(=O)c2ccc3c(c2)nc(CNc2ccc(C(=N)NC(=O)OC(C)C)cc2)n3C)c2ccccn2)c(OC)c1. The molecule has 0 unspecified atom stereocenters. The lowest BCUT2D eigenvalue weighted by Gasteiger charge is -2.21. The van der Waals surface area contributed by atoms with Gasteiger partial charge in [0.1, 0.15) is 17.5 Å². The van der Waals surface area contributed by atoms with Crippen LogP contribution in [-0.4, -0.2) is 71.2 Å². The highest BCUT2D eigenvalue weighted by molar-refractivity contribution is 6.07. The molecule has 55 heavy (non-hydrogen) atoms. The van der Waals surface area contributed by atoms with Gasteiger partial charge < -0.3 is 28.8 Å². The zero-order valence-electron chi connectivity index (χ0n) is 31.0. The van der Waals surface area contributed by atoms with Crippen LogP contribution < -0.4 is 25.0 Å². The number of anilines is 2. The third-order valence-electron chi connectivity index (χ3n) is 8.15. The summed E-state index contributed by atoms with van der Waals surface area (Å²) in [6, 6.07) is 22.2. The maximum absolute atomic E-state index is 14.0. The molecule has 5 rings (SSSR count). The number of pyridine rings is 1. The van der Waals surface area contributed by atoms with E-state index in [1.54, 1.807) is 98.9 Å². The number of rotatable bonds is 14. The number of aryl methyl sites for hydroxylation is 1. The monoisotopic (exact) mass is 747 g/mol. The first kappa shape index (κ1) is 39.2. The van der Waals surface area contributed by atoms with Gasteiger partial charge in [0.2, 0.25) is 0 Å². The third-order valence-corrected chi connectivity index (χ3v) is 8.15. The van der Waals surface area contributed by atoms with E-state index in [1.807, 2.05) is 17.7 Å². The summed E-state index contributed by atoms with van der Waals surface area (Å²) in [5.41, 5.74) is 3.69. The van der Waals surface area contributed by atoms with Crippen LogP contribution in [-0.2, 0) is 32.7 Å². The highest BCUT2D eigenvalue weighted by Crippen LogP contribution is 2.29. The number of carbonyl (C=O) groups excluding carboxylic acids is 4. The van der Waals surface area contributed by atoms with Crippen LogP contribution in [0.15, 0.2) is 91.1 Å². The van der Waals surface area contributed by atoms with Crippen LogP contribution >= 0.6 is 0 Å². The van der Waals surface area contributed by atoms with Crippen molar-refractivity contribution in [1.29, 1.82) is 5.41 Å². The normalized spacial score (nSPS) is 10.9. The van der Waals surface area contributed by atoms with Gasteiger partial charge in [-0.05, 0) is 92.2 Å². The standard InChI is InChI=1S/C40H41N7O8/c1-25(2)54-40(51)45-38(41)27-11-14-29(15-12-27)43-24-35-44-30-23-28(13-16-31(30)46(35)3)39(50)47(34-8-6-7-20-42-34)21-19-37(49)55-32-17-9-26(22-33(32)52-4)10-18-36(48)53-5/h6-18,20,22-23,25,43H,19,21,24H2,1-5H3,(H2,41,45,51)/b18-10+. The molecule has 0 bridgehead atoms. The maximum atomic E-state index is 14.0. The van der Waals surface area contributed by atoms with Crippen molar-refractivity contribution in [3.05, 3.63) is 114 Å². The molecular weight excluding hydrogens is 706 g/mol. The van der Waals surface area contributed by atoms with Gasteiger partial charge in [0.25, 0.3) is 5.91 Å². The van der Waals surface area contributed by atoms with Gasteiger partial charge >= 0.3 is 18.0 Å². The number of hydrogen-bond acceptors (Lipinski definition) is 12. The molecule has 0 atom stereocenters. The van der Waals surface area contributed by atoms with Crippen LogP contribution in [0.5, 0.6) is 11.5 Å². The Balaban J connectivity index is 1.25. The Morgan fingerprint density at radius 1 is 0.945 bits per heavy atom. The lowest BCUT2D eigenvalue weighted by atomic mass is 10.1. The van der Waals surface area contributed by atoms with Crippen molar-refractivity contribution >= 4 is 58.4 Å². The van der Waals surface area contributed by atoms with E-state index in [1.165, 1.54) is 25.2 Å². The number of nitrogens with zero attached hydrogens (tertiary/aromatic N) is 4. The summed E-state index contributed by atoms with van der Waals surface area (Å²) in [6.07, 6.45) is 3.23. The van der Waals surface area contributed by atoms with Gasteiger partial charge in [-0.25, -0.2) is 19.6 Å². The summed E-state index contributed by atoms with van der Waals surface area (Å²) in [5, 5.41) is 13.9. The van der Waals surface area contributed by atoms with Crippen LogP contribution in [0.25, 0.3) is 17.1 Å². The quantitative estimate of drug-likeness (QED) is 0.0405. The number of alkyl carbamates (subject to hydrolysis) is 1. The molecule has 3 N–H and O–H groups in total. The molecule has 3 aromatic carbocycles. The minimum absolute atomic E-state index is 0.0251.